The summed E-state index contributed by atoms with van der Waals surface area (Å²) in [4.78, 5) is 11.5. The molecular weight excluding hydrogens is 292 g/mol. The summed E-state index contributed by atoms with van der Waals surface area (Å²) in [6.45, 7) is 0. The summed E-state index contributed by atoms with van der Waals surface area (Å²) in [6.07, 6.45) is 1.71. The van der Waals surface area contributed by atoms with Crippen molar-refractivity contribution in [3.8, 4) is 28.1 Å². The van der Waals surface area contributed by atoms with Crippen LogP contribution >= 0.6 is 0 Å². The van der Waals surface area contributed by atoms with E-state index in [4.69, 9.17) is 9.47 Å². The Labute approximate surface area is 133 Å². The van der Waals surface area contributed by atoms with E-state index >= 15 is 0 Å². The van der Waals surface area contributed by atoms with Gasteiger partial charge in [0, 0.05) is 11.8 Å². The monoisotopic (exact) mass is 308 g/mol. The second-order valence-electron chi connectivity index (χ2n) is 4.95. The highest BCUT2D eigenvalue weighted by molar-refractivity contribution is 5.91. The Morgan fingerprint density at radius 1 is 1.00 bits per heavy atom. The largest absolute Gasteiger partial charge is 0.497 e. The van der Waals surface area contributed by atoms with Crippen LogP contribution in [-0.4, -0.2) is 30.4 Å². The normalized spacial score (nSPS) is 10.3. The number of aromatic nitrogens is 2. The van der Waals surface area contributed by atoms with Crippen LogP contribution in [0, 0.1) is 0 Å². The molecule has 0 unspecified atom stereocenters. The number of esters is 1. The number of hydrogen-bond donors (Lipinski definition) is 1. The number of carbonyl (C=O) groups excluding carboxylic acids is 1. The third kappa shape index (κ3) is 2.94. The van der Waals surface area contributed by atoms with Gasteiger partial charge in [-0.25, -0.2) is 4.79 Å². The second-order valence-corrected chi connectivity index (χ2v) is 4.95. The molecule has 0 fully saturated rings. The first-order valence-corrected chi connectivity index (χ1v) is 7.09. The van der Waals surface area contributed by atoms with Crippen LogP contribution in [0.25, 0.3) is 22.4 Å². The van der Waals surface area contributed by atoms with E-state index in [1.165, 1.54) is 7.11 Å². The molecule has 5 heteroatoms. The Kier molecular flexibility index (Phi) is 4.10. The Morgan fingerprint density at radius 2 is 1.78 bits per heavy atom. The van der Waals surface area contributed by atoms with Gasteiger partial charge in [0.2, 0.25) is 0 Å². The van der Waals surface area contributed by atoms with Crippen LogP contribution in [0.2, 0.25) is 0 Å². The Morgan fingerprint density at radius 3 is 2.39 bits per heavy atom. The predicted molar refractivity (Wildman–Crippen MR) is 87.4 cm³/mol. The van der Waals surface area contributed by atoms with E-state index in [-0.39, 0.29) is 5.97 Å². The molecule has 5 nitrogen and oxygen atoms in total. The first-order valence-electron chi connectivity index (χ1n) is 7.09. The quantitative estimate of drug-likeness (QED) is 0.749. The average Bonchev–Trinajstić information content (AvgIpc) is 3.15. The maximum atomic E-state index is 11.5. The zero-order valence-electron chi connectivity index (χ0n) is 12.9. The lowest BCUT2D eigenvalue weighted by Gasteiger charge is -2.11. The molecule has 0 aliphatic rings. The minimum atomic E-state index is -0.347. The molecule has 0 atom stereocenters. The maximum Gasteiger partial charge on any atom is 0.337 e. The molecule has 1 heterocycles. The lowest BCUT2D eigenvalue weighted by Crippen LogP contribution is -2.00. The first kappa shape index (κ1) is 14.8. The number of benzene rings is 2. The molecule has 0 saturated carbocycles. The molecule has 0 bridgehead atoms. The van der Waals surface area contributed by atoms with Gasteiger partial charge in [-0.15, -0.1) is 0 Å². The van der Waals surface area contributed by atoms with Crippen molar-refractivity contribution >= 4 is 5.97 Å². The summed E-state index contributed by atoms with van der Waals surface area (Å²) in [5.74, 6) is 0.421. The van der Waals surface area contributed by atoms with Gasteiger partial charge in [-0.2, -0.15) is 5.10 Å². The van der Waals surface area contributed by atoms with E-state index in [1.807, 2.05) is 36.4 Å². The van der Waals surface area contributed by atoms with Crippen LogP contribution in [0.5, 0.6) is 5.75 Å². The van der Waals surface area contributed by atoms with Crippen molar-refractivity contribution in [2.24, 2.45) is 0 Å². The van der Waals surface area contributed by atoms with Crippen molar-refractivity contribution in [3.05, 3.63) is 60.3 Å². The van der Waals surface area contributed by atoms with E-state index in [0.717, 1.165) is 28.1 Å². The SMILES string of the molecule is COC(=O)c1ccc(-c2ccc(OC)cc2-c2ccn[nH]2)cc1. The van der Waals surface area contributed by atoms with Crippen LogP contribution in [0.3, 0.4) is 0 Å². The summed E-state index contributed by atoms with van der Waals surface area (Å²) < 4.78 is 10.0. The number of hydrogen-bond acceptors (Lipinski definition) is 4. The molecule has 1 aromatic heterocycles. The van der Waals surface area contributed by atoms with Crippen LogP contribution in [-0.2, 0) is 4.74 Å². The molecule has 0 spiro atoms. The molecule has 2 aromatic carbocycles. The smallest absolute Gasteiger partial charge is 0.337 e. The van der Waals surface area contributed by atoms with Gasteiger partial charge in [-0.05, 0) is 41.5 Å². The highest BCUT2D eigenvalue weighted by atomic mass is 16.5. The summed E-state index contributed by atoms with van der Waals surface area (Å²) in [5, 5.41) is 6.98. The number of carbonyl (C=O) groups is 1. The van der Waals surface area contributed by atoms with Gasteiger partial charge in [-0.1, -0.05) is 18.2 Å². The Balaban J connectivity index is 2.07. The fourth-order valence-corrected chi connectivity index (χ4v) is 2.43. The molecule has 3 rings (SSSR count). The molecular formula is C18H16N2O3. The molecule has 0 aliphatic heterocycles. The molecule has 0 saturated heterocycles. The van der Waals surface area contributed by atoms with Gasteiger partial charge < -0.3 is 9.47 Å². The van der Waals surface area contributed by atoms with Crippen molar-refractivity contribution in [1.82, 2.24) is 10.2 Å². The number of rotatable bonds is 4. The number of aromatic amines is 1. The predicted octanol–water partition coefficient (Wildman–Crippen LogP) is 3.54. The van der Waals surface area contributed by atoms with Gasteiger partial charge in [-0.3, -0.25) is 5.10 Å². The highest BCUT2D eigenvalue weighted by Gasteiger charge is 2.11. The second kappa shape index (κ2) is 6.36. The van der Waals surface area contributed by atoms with Crippen molar-refractivity contribution in [3.63, 3.8) is 0 Å². The lowest BCUT2D eigenvalue weighted by molar-refractivity contribution is 0.0601. The molecule has 0 aliphatic carbocycles. The van der Waals surface area contributed by atoms with Gasteiger partial charge in [0.25, 0.3) is 0 Å². The van der Waals surface area contributed by atoms with Gasteiger partial charge in [0.1, 0.15) is 5.75 Å². The Bertz CT molecular complexity index is 809. The van der Waals surface area contributed by atoms with Crippen LogP contribution in [0.15, 0.2) is 54.7 Å². The van der Waals surface area contributed by atoms with Crippen LogP contribution in [0.1, 0.15) is 10.4 Å². The van der Waals surface area contributed by atoms with Crippen molar-refractivity contribution in [2.45, 2.75) is 0 Å². The van der Waals surface area contributed by atoms with Crippen molar-refractivity contribution < 1.29 is 14.3 Å². The number of nitrogens with zero attached hydrogens (tertiary/aromatic N) is 1. The summed E-state index contributed by atoms with van der Waals surface area (Å²) >= 11 is 0. The fraction of sp³-hybridized carbons (Fsp3) is 0.111. The van der Waals surface area contributed by atoms with Gasteiger partial charge in [0.05, 0.1) is 25.5 Å². The first-order chi connectivity index (χ1) is 11.2. The van der Waals surface area contributed by atoms with Crippen molar-refractivity contribution in [1.29, 1.82) is 0 Å². The molecule has 0 amide bonds. The molecule has 0 radical (unpaired) electrons. The molecule has 116 valence electrons. The highest BCUT2D eigenvalue weighted by Crippen LogP contribution is 2.34. The van der Waals surface area contributed by atoms with Gasteiger partial charge in [0.15, 0.2) is 0 Å². The van der Waals surface area contributed by atoms with E-state index in [2.05, 4.69) is 10.2 Å². The minimum Gasteiger partial charge on any atom is -0.497 e. The molecule has 1 N–H and O–H groups in total. The average molecular weight is 308 g/mol. The van der Waals surface area contributed by atoms with E-state index in [1.54, 1.807) is 25.4 Å². The zero-order chi connectivity index (χ0) is 16.2. The standard InChI is InChI=1S/C18H16N2O3/c1-22-14-7-8-15(16(11-14)17-9-10-19-20-17)12-3-5-13(6-4-12)18(21)23-2/h3-11H,1-2H3,(H,19,20). The zero-order valence-corrected chi connectivity index (χ0v) is 12.9. The number of methoxy groups -OCH3 is 2. The summed E-state index contributed by atoms with van der Waals surface area (Å²) in [6, 6.07) is 15.1. The summed E-state index contributed by atoms with van der Waals surface area (Å²) in [7, 11) is 3.01. The topological polar surface area (TPSA) is 64.2 Å². The van der Waals surface area contributed by atoms with Crippen LogP contribution < -0.4 is 4.74 Å². The fourth-order valence-electron chi connectivity index (χ4n) is 2.43. The number of H-pyrrole nitrogens is 1. The van der Waals surface area contributed by atoms with Crippen molar-refractivity contribution in [2.75, 3.05) is 14.2 Å². The third-order valence-corrected chi connectivity index (χ3v) is 3.63. The van der Waals surface area contributed by atoms with Gasteiger partial charge >= 0.3 is 5.97 Å². The third-order valence-electron chi connectivity index (χ3n) is 3.63. The molecule has 23 heavy (non-hydrogen) atoms. The number of ether oxygens (including phenoxy) is 2. The summed E-state index contributed by atoms with van der Waals surface area (Å²) in [5.41, 5.74) is 4.41. The molecule has 3 aromatic rings. The van der Waals surface area contributed by atoms with Crippen LogP contribution in [0.4, 0.5) is 0 Å². The Hall–Kier alpha value is -3.08. The minimum absolute atomic E-state index is 0.347. The van der Waals surface area contributed by atoms with E-state index < -0.39 is 0 Å². The number of nitrogens with one attached hydrogen (secondary N) is 1. The van der Waals surface area contributed by atoms with E-state index in [0.29, 0.717) is 5.56 Å². The lowest BCUT2D eigenvalue weighted by atomic mass is 9.96. The van der Waals surface area contributed by atoms with E-state index in [9.17, 15) is 4.79 Å². The maximum absolute atomic E-state index is 11.5.